The van der Waals surface area contributed by atoms with Gasteiger partial charge in [-0.25, -0.2) is 4.79 Å². The van der Waals surface area contributed by atoms with Crippen molar-refractivity contribution in [3.05, 3.63) is 70.8 Å². The van der Waals surface area contributed by atoms with Crippen molar-refractivity contribution in [2.75, 3.05) is 0 Å². The van der Waals surface area contributed by atoms with Crippen LogP contribution in [0.3, 0.4) is 0 Å². The summed E-state index contributed by atoms with van der Waals surface area (Å²) in [6.07, 6.45) is 0.596. The van der Waals surface area contributed by atoms with Crippen LogP contribution in [-0.4, -0.2) is 5.97 Å². The zero-order chi connectivity index (χ0) is 12.5. The third-order valence-electron chi connectivity index (χ3n) is 3.34. The van der Waals surface area contributed by atoms with E-state index in [0.29, 0.717) is 5.56 Å². The van der Waals surface area contributed by atoms with Crippen molar-refractivity contribution in [2.24, 2.45) is 0 Å². The topological polar surface area (TPSA) is 26.3 Å². The Morgan fingerprint density at radius 2 is 1.78 bits per heavy atom. The second-order valence-corrected chi connectivity index (χ2v) is 4.67. The first-order valence-electron chi connectivity index (χ1n) is 6.09. The van der Waals surface area contributed by atoms with Crippen LogP contribution in [0.1, 0.15) is 33.2 Å². The molecule has 2 nitrogen and oxygen atoms in total. The van der Waals surface area contributed by atoms with Gasteiger partial charge in [-0.05, 0) is 24.1 Å². The van der Waals surface area contributed by atoms with E-state index in [1.54, 1.807) is 0 Å². The fourth-order valence-electron chi connectivity index (χ4n) is 2.30. The van der Waals surface area contributed by atoms with E-state index in [0.717, 1.165) is 17.5 Å². The van der Waals surface area contributed by atoms with Crippen LogP contribution >= 0.6 is 0 Å². The smallest absolute Gasteiger partial charge is 0.339 e. The molecule has 0 saturated carbocycles. The van der Waals surface area contributed by atoms with E-state index < -0.39 is 0 Å². The predicted molar refractivity (Wildman–Crippen MR) is 69.5 cm³/mol. The highest BCUT2D eigenvalue weighted by atomic mass is 16.5. The van der Waals surface area contributed by atoms with Gasteiger partial charge in [-0.3, -0.25) is 0 Å². The number of fused-ring (bicyclic) bond motifs is 1. The van der Waals surface area contributed by atoms with E-state index >= 15 is 0 Å². The minimum Gasteiger partial charge on any atom is -0.454 e. The molecule has 0 saturated heterocycles. The van der Waals surface area contributed by atoms with Gasteiger partial charge in [0.05, 0.1) is 5.56 Å². The van der Waals surface area contributed by atoms with Gasteiger partial charge in [0.15, 0.2) is 0 Å². The Labute approximate surface area is 106 Å². The monoisotopic (exact) mass is 238 g/mol. The maximum atomic E-state index is 11.9. The second-order valence-electron chi connectivity index (χ2n) is 4.67. The summed E-state index contributed by atoms with van der Waals surface area (Å²) < 4.78 is 5.50. The Hall–Kier alpha value is -2.09. The van der Waals surface area contributed by atoms with Crippen LogP contribution in [0.2, 0.25) is 0 Å². The summed E-state index contributed by atoms with van der Waals surface area (Å²) in [5.41, 5.74) is 4.03. The molecule has 0 aliphatic carbocycles. The van der Waals surface area contributed by atoms with Crippen LogP contribution in [0.4, 0.5) is 0 Å². The molecule has 2 aromatic rings. The molecule has 1 aliphatic rings. The molecule has 0 spiro atoms. The van der Waals surface area contributed by atoms with Crippen molar-refractivity contribution in [3.8, 4) is 0 Å². The van der Waals surface area contributed by atoms with Crippen LogP contribution in [-0.2, 0) is 11.2 Å². The van der Waals surface area contributed by atoms with Crippen LogP contribution in [0, 0.1) is 6.92 Å². The first kappa shape index (κ1) is 11.0. The molecule has 0 amide bonds. The standard InChI is InChI=1S/C16H14O2/c1-11-6-8-12(9-7-11)15-10-13-4-2-3-5-14(13)16(17)18-15/h2-9,15H,10H2,1H3. The second kappa shape index (κ2) is 4.30. The van der Waals surface area contributed by atoms with Crippen molar-refractivity contribution in [2.45, 2.75) is 19.4 Å². The van der Waals surface area contributed by atoms with E-state index in [1.165, 1.54) is 5.56 Å². The molecule has 1 atom stereocenters. The largest absolute Gasteiger partial charge is 0.454 e. The van der Waals surface area contributed by atoms with Gasteiger partial charge in [-0.2, -0.15) is 0 Å². The van der Waals surface area contributed by atoms with E-state index in [9.17, 15) is 4.79 Å². The van der Waals surface area contributed by atoms with Crippen LogP contribution < -0.4 is 0 Å². The lowest BCUT2D eigenvalue weighted by Crippen LogP contribution is -2.21. The number of carbonyl (C=O) groups excluding carboxylic acids is 1. The van der Waals surface area contributed by atoms with E-state index in [-0.39, 0.29) is 12.1 Å². The van der Waals surface area contributed by atoms with Crippen molar-refractivity contribution < 1.29 is 9.53 Å². The molecule has 1 unspecified atom stereocenters. The maximum Gasteiger partial charge on any atom is 0.339 e. The third kappa shape index (κ3) is 1.90. The molecule has 0 aromatic heterocycles. The molecule has 2 heteroatoms. The zero-order valence-electron chi connectivity index (χ0n) is 10.2. The Morgan fingerprint density at radius 1 is 1.06 bits per heavy atom. The fraction of sp³-hybridized carbons (Fsp3) is 0.188. The average Bonchev–Trinajstić information content (AvgIpc) is 2.39. The minimum atomic E-state index is -0.220. The van der Waals surface area contributed by atoms with Gasteiger partial charge >= 0.3 is 5.97 Å². The quantitative estimate of drug-likeness (QED) is 0.711. The zero-order valence-corrected chi connectivity index (χ0v) is 10.2. The summed E-state index contributed by atoms with van der Waals surface area (Å²) in [5.74, 6) is -0.220. The SMILES string of the molecule is Cc1ccc(C2Cc3ccccc3C(=O)O2)cc1. The van der Waals surface area contributed by atoms with Crippen LogP contribution in [0.15, 0.2) is 48.5 Å². The highest BCUT2D eigenvalue weighted by Crippen LogP contribution is 2.30. The maximum absolute atomic E-state index is 11.9. The van der Waals surface area contributed by atoms with Crippen molar-refractivity contribution in [1.29, 1.82) is 0 Å². The Balaban J connectivity index is 1.94. The molecule has 0 radical (unpaired) electrons. The molecule has 0 N–H and O–H groups in total. The number of carbonyl (C=O) groups is 1. The third-order valence-corrected chi connectivity index (χ3v) is 3.34. The first-order chi connectivity index (χ1) is 8.74. The number of hydrogen-bond acceptors (Lipinski definition) is 2. The molecule has 1 heterocycles. The summed E-state index contributed by atoms with van der Waals surface area (Å²) in [7, 11) is 0. The van der Waals surface area contributed by atoms with E-state index in [4.69, 9.17) is 4.74 Å². The molecule has 2 aromatic carbocycles. The normalized spacial score (nSPS) is 18.1. The van der Waals surface area contributed by atoms with E-state index in [1.807, 2.05) is 55.5 Å². The van der Waals surface area contributed by atoms with Gasteiger partial charge in [0.2, 0.25) is 0 Å². The summed E-state index contributed by atoms with van der Waals surface area (Å²) in [5, 5.41) is 0. The molecular weight excluding hydrogens is 224 g/mol. The first-order valence-corrected chi connectivity index (χ1v) is 6.09. The molecular formula is C16H14O2. The van der Waals surface area contributed by atoms with Gasteiger partial charge < -0.3 is 4.74 Å². The summed E-state index contributed by atoms with van der Waals surface area (Å²) in [6, 6.07) is 15.8. The fourth-order valence-corrected chi connectivity index (χ4v) is 2.30. The molecule has 0 fully saturated rings. The predicted octanol–water partition coefficient (Wildman–Crippen LogP) is 3.45. The number of benzene rings is 2. The number of aryl methyl sites for hydroxylation is 1. The van der Waals surface area contributed by atoms with E-state index in [2.05, 4.69) is 0 Å². The van der Waals surface area contributed by atoms with Gasteiger partial charge in [0, 0.05) is 6.42 Å². The number of cyclic esters (lactones) is 1. The van der Waals surface area contributed by atoms with Gasteiger partial charge in [0.25, 0.3) is 0 Å². The summed E-state index contributed by atoms with van der Waals surface area (Å²) >= 11 is 0. The average molecular weight is 238 g/mol. The highest BCUT2D eigenvalue weighted by Gasteiger charge is 2.26. The number of rotatable bonds is 1. The Kier molecular flexibility index (Phi) is 2.63. The van der Waals surface area contributed by atoms with Gasteiger partial charge in [-0.15, -0.1) is 0 Å². The highest BCUT2D eigenvalue weighted by molar-refractivity contribution is 5.92. The lowest BCUT2D eigenvalue weighted by Gasteiger charge is -2.24. The lowest BCUT2D eigenvalue weighted by molar-refractivity contribution is 0.0253. The van der Waals surface area contributed by atoms with Crippen molar-refractivity contribution in [3.63, 3.8) is 0 Å². The van der Waals surface area contributed by atoms with Gasteiger partial charge in [-0.1, -0.05) is 48.0 Å². The van der Waals surface area contributed by atoms with Crippen LogP contribution in [0.25, 0.3) is 0 Å². The van der Waals surface area contributed by atoms with Crippen molar-refractivity contribution in [1.82, 2.24) is 0 Å². The molecule has 18 heavy (non-hydrogen) atoms. The summed E-state index contributed by atoms with van der Waals surface area (Å²) in [6.45, 7) is 2.05. The molecule has 1 aliphatic heterocycles. The Morgan fingerprint density at radius 3 is 2.56 bits per heavy atom. The minimum absolute atomic E-state index is 0.159. The Bertz CT molecular complexity index is 584. The van der Waals surface area contributed by atoms with Crippen LogP contribution in [0.5, 0.6) is 0 Å². The number of esters is 1. The molecule has 3 rings (SSSR count). The van der Waals surface area contributed by atoms with Crippen molar-refractivity contribution >= 4 is 5.97 Å². The molecule has 90 valence electrons. The van der Waals surface area contributed by atoms with Gasteiger partial charge in [0.1, 0.15) is 6.10 Å². The lowest BCUT2D eigenvalue weighted by atomic mass is 9.94. The number of ether oxygens (including phenoxy) is 1. The summed E-state index contributed by atoms with van der Waals surface area (Å²) in [4.78, 5) is 11.9. The molecule has 0 bridgehead atoms. The number of hydrogen-bond donors (Lipinski definition) is 0.